The van der Waals surface area contributed by atoms with Gasteiger partial charge < -0.3 is 4.98 Å². The fourth-order valence-corrected chi connectivity index (χ4v) is 4.13. The Kier molecular flexibility index (Phi) is 2.25. The third kappa shape index (κ3) is 1.58. The summed E-state index contributed by atoms with van der Waals surface area (Å²) in [4.78, 5) is 15.2. The zero-order valence-corrected chi connectivity index (χ0v) is 12.5. The number of hydrogen-bond acceptors (Lipinski definition) is 4. The minimum atomic E-state index is 0.925. The smallest absolute Gasteiger partial charge is 0.140 e. The number of rotatable bonds is 2. The van der Waals surface area contributed by atoms with Crippen molar-refractivity contribution < 1.29 is 0 Å². The van der Waals surface area contributed by atoms with Crippen LogP contribution in [-0.4, -0.2) is 16.4 Å². The molecule has 2 aliphatic heterocycles. The molecule has 1 N–H and O–H groups in total. The summed E-state index contributed by atoms with van der Waals surface area (Å²) >= 11 is 3.45. The van der Waals surface area contributed by atoms with E-state index in [1.807, 2.05) is 6.20 Å². The Balaban J connectivity index is 1.59. The molecule has 0 radical (unpaired) electrons. The number of H-pyrrole nitrogens is 1. The summed E-state index contributed by atoms with van der Waals surface area (Å²) in [5.41, 5.74) is 5.34. The maximum atomic E-state index is 4.75. The fraction of sp³-hybridized carbons (Fsp3) is 0. The van der Waals surface area contributed by atoms with Gasteiger partial charge in [0.05, 0.1) is 10.6 Å². The van der Waals surface area contributed by atoms with Gasteiger partial charge in [-0.05, 0) is 29.0 Å². The van der Waals surface area contributed by atoms with E-state index in [2.05, 4.69) is 51.1 Å². The lowest BCUT2D eigenvalue weighted by atomic mass is 10.1. The predicted octanol–water partition coefficient (Wildman–Crippen LogP) is 4.73. The molecule has 21 heavy (non-hydrogen) atoms. The van der Waals surface area contributed by atoms with E-state index in [0.29, 0.717) is 0 Å². The second-order valence-corrected chi connectivity index (χ2v) is 6.78. The van der Waals surface area contributed by atoms with Crippen molar-refractivity contribution in [2.45, 2.75) is 0 Å². The van der Waals surface area contributed by atoms with Crippen LogP contribution >= 0.6 is 22.7 Å². The summed E-state index contributed by atoms with van der Waals surface area (Å²) in [5, 5.41) is 4.16. The molecular formula is C16H9N3S2. The quantitative estimate of drug-likeness (QED) is 0.711. The van der Waals surface area contributed by atoms with Crippen LogP contribution in [0, 0.1) is 0 Å². The molecule has 0 bridgehead atoms. The summed E-state index contributed by atoms with van der Waals surface area (Å²) in [6.45, 7) is 0. The van der Waals surface area contributed by atoms with Crippen molar-refractivity contribution in [2.24, 2.45) is 9.98 Å². The normalized spacial score (nSPS) is 15.5. The number of hydrogen-bond donors (Lipinski definition) is 1. The van der Waals surface area contributed by atoms with Crippen LogP contribution in [0.1, 0.15) is 10.4 Å². The Hall–Kier alpha value is -2.24. The van der Waals surface area contributed by atoms with Crippen molar-refractivity contribution in [1.82, 2.24) is 4.98 Å². The molecule has 5 heterocycles. The molecule has 0 atom stereocenters. The van der Waals surface area contributed by atoms with Gasteiger partial charge in [-0.25, -0.2) is 4.99 Å². The molecule has 0 amide bonds. The average molecular weight is 307 g/mol. The molecule has 0 fully saturated rings. The van der Waals surface area contributed by atoms with E-state index in [1.54, 1.807) is 22.7 Å². The molecule has 5 heteroatoms. The van der Waals surface area contributed by atoms with Crippen LogP contribution in [0.25, 0.3) is 16.1 Å². The summed E-state index contributed by atoms with van der Waals surface area (Å²) < 4.78 is 0. The Morgan fingerprint density at radius 2 is 1.76 bits per heavy atom. The largest absolute Gasteiger partial charge is 0.338 e. The maximum Gasteiger partial charge on any atom is 0.140 e. The van der Waals surface area contributed by atoms with E-state index in [4.69, 9.17) is 4.99 Å². The number of allylic oxidation sites excluding steroid dienone is 1. The van der Waals surface area contributed by atoms with Gasteiger partial charge in [-0.3, -0.25) is 4.99 Å². The van der Waals surface area contributed by atoms with Crippen LogP contribution in [0.3, 0.4) is 0 Å². The van der Waals surface area contributed by atoms with Gasteiger partial charge in [0, 0.05) is 22.2 Å². The highest BCUT2D eigenvalue weighted by Gasteiger charge is 2.31. The highest BCUT2D eigenvalue weighted by Crippen LogP contribution is 2.39. The number of fused-ring (bicyclic) bond motifs is 3. The first-order chi connectivity index (χ1) is 10.4. The van der Waals surface area contributed by atoms with Gasteiger partial charge in [0.2, 0.25) is 0 Å². The summed E-state index contributed by atoms with van der Waals surface area (Å²) in [6, 6.07) is 10.5. The van der Waals surface area contributed by atoms with Gasteiger partial charge in [0.15, 0.2) is 0 Å². The predicted molar refractivity (Wildman–Crippen MR) is 90.0 cm³/mol. The van der Waals surface area contributed by atoms with E-state index in [9.17, 15) is 0 Å². The zero-order valence-electron chi connectivity index (χ0n) is 10.8. The molecule has 3 aromatic heterocycles. The minimum Gasteiger partial charge on any atom is -0.338 e. The molecule has 3 aromatic rings. The molecule has 0 aromatic carbocycles. The zero-order chi connectivity index (χ0) is 13.8. The van der Waals surface area contributed by atoms with Crippen LogP contribution in [0.5, 0.6) is 0 Å². The van der Waals surface area contributed by atoms with Gasteiger partial charge in [-0.2, -0.15) is 0 Å². The minimum absolute atomic E-state index is 0.925. The number of aromatic nitrogens is 1. The van der Waals surface area contributed by atoms with Crippen molar-refractivity contribution in [1.29, 1.82) is 0 Å². The Morgan fingerprint density at radius 3 is 2.52 bits per heavy atom. The van der Waals surface area contributed by atoms with E-state index in [1.165, 1.54) is 9.75 Å². The second-order valence-electron chi connectivity index (χ2n) is 4.88. The number of nitrogens with zero attached hydrogens (tertiary/aromatic N) is 2. The third-order valence-electron chi connectivity index (χ3n) is 3.65. The molecule has 0 aliphatic carbocycles. The van der Waals surface area contributed by atoms with Gasteiger partial charge in [0.1, 0.15) is 17.2 Å². The Morgan fingerprint density at radius 1 is 0.952 bits per heavy atom. The first-order valence-corrected chi connectivity index (χ1v) is 8.34. The van der Waals surface area contributed by atoms with Crippen molar-refractivity contribution in [3.05, 3.63) is 57.7 Å². The van der Waals surface area contributed by atoms with Gasteiger partial charge in [-0.15, -0.1) is 22.7 Å². The molecule has 2 aliphatic rings. The third-order valence-corrected chi connectivity index (χ3v) is 5.46. The van der Waals surface area contributed by atoms with Crippen LogP contribution in [0.4, 0.5) is 5.82 Å². The first-order valence-electron chi connectivity index (χ1n) is 6.59. The van der Waals surface area contributed by atoms with Crippen molar-refractivity contribution in [2.75, 3.05) is 0 Å². The second kappa shape index (κ2) is 4.13. The molecular weight excluding hydrogens is 298 g/mol. The lowest BCUT2D eigenvalue weighted by molar-refractivity contribution is 1.35. The molecule has 5 rings (SSSR count). The van der Waals surface area contributed by atoms with Gasteiger partial charge in [-0.1, -0.05) is 12.1 Å². The Labute approximate surface area is 129 Å². The molecule has 0 saturated heterocycles. The van der Waals surface area contributed by atoms with Crippen molar-refractivity contribution in [3.63, 3.8) is 0 Å². The fourth-order valence-electron chi connectivity index (χ4n) is 2.69. The molecule has 3 nitrogen and oxygen atoms in total. The first kappa shape index (κ1) is 11.4. The highest BCUT2D eigenvalue weighted by atomic mass is 32.1. The van der Waals surface area contributed by atoms with E-state index < -0.39 is 0 Å². The maximum absolute atomic E-state index is 4.75. The monoisotopic (exact) mass is 307 g/mol. The van der Waals surface area contributed by atoms with Crippen LogP contribution in [0.15, 0.2) is 57.3 Å². The van der Waals surface area contributed by atoms with Crippen molar-refractivity contribution in [3.8, 4) is 10.6 Å². The van der Waals surface area contributed by atoms with Gasteiger partial charge >= 0.3 is 0 Å². The standard InChI is InChI=1S/C16H9N3S2/c1-3-12(20-5-1)10-8-17-14-9-7-11(13-4-2-6-21-13)18-16(9)19-15(10)14/h1-8H,(H,18,19). The summed E-state index contributed by atoms with van der Waals surface area (Å²) in [7, 11) is 0. The SMILES string of the molecule is C1=C(c2cccs2)C2=Nc3[nH]c(-c4cccs4)cc3C2=N1. The van der Waals surface area contributed by atoms with Crippen LogP contribution in [0.2, 0.25) is 0 Å². The average Bonchev–Trinajstić information content (AvgIpc) is 3.26. The topological polar surface area (TPSA) is 40.5 Å². The van der Waals surface area contributed by atoms with Crippen molar-refractivity contribution >= 4 is 45.5 Å². The molecule has 100 valence electrons. The summed E-state index contributed by atoms with van der Waals surface area (Å²) in [6.07, 6.45) is 1.93. The molecule has 0 unspecified atom stereocenters. The van der Waals surface area contributed by atoms with E-state index >= 15 is 0 Å². The lowest BCUT2D eigenvalue weighted by Crippen LogP contribution is -2.07. The number of nitrogens with one attached hydrogen (secondary N) is 1. The number of thiophene rings is 2. The molecule has 0 spiro atoms. The van der Waals surface area contributed by atoms with E-state index in [-0.39, 0.29) is 0 Å². The van der Waals surface area contributed by atoms with Crippen LogP contribution in [-0.2, 0) is 0 Å². The highest BCUT2D eigenvalue weighted by molar-refractivity contribution is 7.13. The van der Waals surface area contributed by atoms with E-state index in [0.717, 1.165) is 34.1 Å². The number of aliphatic imine (C=N–C) groups is 2. The Bertz CT molecular complexity index is 923. The summed E-state index contributed by atoms with van der Waals surface area (Å²) in [5.74, 6) is 0.925. The number of aromatic amines is 1. The molecule has 0 saturated carbocycles. The lowest BCUT2D eigenvalue weighted by Gasteiger charge is -1.99. The van der Waals surface area contributed by atoms with Gasteiger partial charge in [0.25, 0.3) is 0 Å². The van der Waals surface area contributed by atoms with Crippen LogP contribution < -0.4 is 0 Å².